The number of thioether (sulfide) groups is 1. The number of carbonyl (C=O) groups excluding carboxylic acids is 2. The van der Waals surface area contributed by atoms with Crippen LogP contribution in [0.4, 0.5) is 0 Å². The lowest BCUT2D eigenvalue weighted by molar-refractivity contribution is -0.143. The highest BCUT2D eigenvalue weighted by Crippen LogP contribution is 2.26. The topological polar surface area (TPSA) is 52.7 Å². The molecule has 2 amide bonds. The molecule has 0 aliphatic carbocycles. The van der Waals surface area contributed by atoms with E-state index in [9.17, 15) is 9.59 Å². The lowest BCUT2D eigenvalue weighted by atomic mass is 10.2. The molecule has 2 saturated heterocycles. The van der Waals surface area contributed by atoms with E-state index in [0.29, 0.717) is 18.3 Å². The minimum absolute atomic E-state index is 0. The van der Waals surface area contributed by atoms with Gasteiger partial charge in [-0.3, -0.25) is 9.59 Å². The molecule has 0 aromatic rings. The molecule has 2 fully saturated rings. The van der Waals surface area contributed by atoms with Gasteiger partial charge in [-0.15, -0.1) is 24.2 Å². The molecule has 2 aliphatic heterocycles. The molecular formula is C13H24ClN3O2S. The molecule has 0 saturated carbocycles. The Hall–Kier alpha value is -0.460. The molecule has 0 aromatic heterocycles. The molecular weight excluding hydrogens is 298 g/mol. The van der Waals surface area contributed by atoms with Crippen molar-refractivity contribution in [1.82, 2.24) is 15.1 Å². The SMILES string of the molecule is CCC(=O)N1CSCC1C(=O)N1CCCC1CNC.Cl. The van der Waals surface area contributed by atoms with Gasteiger partial charge in [-0.1, -0.05) is 6.92 Å². The van der Waals surface area contributed by atoms with E-state index in [1.165, 1.54) is 0 Å². The number of nitrogens with zero attached hydrogens (tertiary/aromatic N) is 2. The first kappa shape index (κ1) is 17.6. The van der Waals surface area contributed by atoms with E-state index < -0.39 is 0 Å². The fourth-order valence-electron chi connectivity index (χ4n) is 2.86. The monoisotopic (exact) mass is 321 g/mol. The summed E-state index contributed by atoms with van der Waals surface area (Å²) in [6, 6.07) is 0.0524. The van der Waals surface area contributed by atoms with Crippen molar-refractivity contribution in [2.75, 3.05) is 31.8 Å². The second-order valence-corrected chi connectivity index (χ2v) is 6.12. The van der Waals surface area contributed by atoms with Crippen LogP contribution in [-0.4, -0.2) is 65.5 Å². The van der Waals surface area contributed by atoms with Crippen molar-refractivity contribution < 1.29 is 9.59 Å². The summed E-state index contributed by atoms with van der Waals surface area (Å²) in [6.07, 6.45) is 2.61. The molecule has 2 rings (SSSR count). The largest absolute Gasteiger partial charge is 0.337 e. The third kappa shape index (κ3) is 3.59. The molecule has 7 heteroatoms. The second-order valence-electron chi connectivity index (χ2n) is 5.12. The minimum atomic E-state index is -0.241. The fraction of sp³-hybridized carbons (Fsp3) is 0.846. The van der Waals surface area contributed by atoms with E-state index >= 15 is 0 Å². The summed E-state index contributed by atoms with van der Waals surface area (Å²) in [5, 5.41) is 3.15. The summed E-state index contributed by atoms with van der Waals surface area (Å²) in [7, 11) is 1.92. The van der Waals surface area contributed by atoms with E-state index in [4.69, 9.17) is 0 Å². The van der Waals surface area contributed by atoms with E-state index in [0.717, 1.165) is 31.7 Å². The van der Waals surface area contributed by atoms with Gasteiger partial charge in [-0.05, 0) is 19.9 Å². The summed E-state index contributed by atoms with van der Waals surface area (Å²) in [4.78, 5) is 28.3. The number of amides is 2. The van der Waals surface area contributed by atoms with Crippen molar-refractivity contribution in [1.29, 1.82) is 0 Å². The molecule has 2 unspecified atom stereocenters. The number of hydrogen-bond donors (Lipinski definition) is 1. The van der Waals surface area contributed by atoms with Crippen molar-refractivity contribution in [3.05, 3.63) is 0 Å². The van der Waals surface area contributed by atoms with E-state index in [-0.39, 0.29) is 30.3 Å². The van der Waals surface area contributed by atoms with Gasteiger partial charge in [0.2, 0.25) is 11.8 Å². The predicted molar refractivity (Wildman–Crippen MR) is 84.2 cm³/mol. The van der Waals surface area contributed by atoms with Gasteiger partial charge in [-0.2, -0.15) is 0 Å². The van der Waals surface area contributed by atoms with Gasteiger partial charge in [0, 0.05) is 31.3 Å². The van der Waals surface area contributed by atoms with E-state index in [1.807, 2.05) is 18.9 Å². The molecule has 116 valence electrons. The Morgan fingerprint density at radius 3 is 2.75 bits per heavy atom. The highest BCUT2D eigenvalue weighted by Gasteiger charge is 2.39. The summed E-state index contributed by atoms with van der Waals surface area (Å²) in [5.41, 5.74) is 0. The molecule has 0 spiro atoms. The molecule has 2 aliphatic rings. The first-order valence-corrected chi connectivity index (χ1v) is 8.16. The highest BCUT2D eigenvalue weighted by atomic mass is 35.5. The highest BCUT2D eigenvalue weighted by molar-refractivity contribution is 7.99. The van der Waals surface area contributed by atoms with Crippen LogP contribution >= 0.6 is 24.2 Å². The average molecular weight is 322 g/mol. The quantitative estimate of drug-likeness (QED) is 0.837. The Bertz CT molecular complexity index is 357. The molecule has 2 atom stereocenters. The number of hydrogen-bond acceptors (Lipinski definition) is 4. The summed E-state index contributed by atoms with van der Waals surface area (Å²) < 4.78 is 0. The predicted octanol–water partition coefficient (Wildman–Crippen LogP) is 0.930. The Balaban J connectivity index is 0.00000200. The normalized spacial score (nSPS) is 25.7. The second kappa shape index (κ2) is 8.10. The van der Waals surface area contributed by atoms with Gasteiger partial charge < -0.3 is 15.1 Å². The van der Waals surface area contributed by atoms with Gasteiger partial charge in [0.1, 0.15) is 6.04 Å². The zero-order valence-corrected chi connectivity index (χ0v) is 13.8. The van der Waals surface area contributed by atoms with Crippen LogP contribution in [0.15, 0.2) is 0 Å². The van der Waals surface area contributed by atoms with Crippen LogP contribution in [0.2, 0.25) is 0 Å². The van der Waals surface area contributed by atoms with Crippen LogP contribution in [0.3, 0.4) is 0 Å². The van der Waals surface area contributed by atoms with Crippen molar-refractivity contribution in [3.8, 4) is 0 Å². The Morgan fingerprint density at radius 1 is 1.35 bits per heavy atom. The lowest BCUT2D eigenvalue weighted by Crippen LogP contribution is -2.51. The summed E-state index contributed by atoms with van der Waals surface area (Å²) in [5.74, 6) is 1.64. The Labute approximate surface area is 131 Å². The first-order chi connectivity index (χ1) is 9.19. The van der Waals surface area contributed by atoms with Crippen molar-refractivity contribution >= 4 is 36.0 Å². The number of halogens is 1. The third-order valence-corrected chi connectivity index (χ3v) is 4.90. The molecule has 20 heavy (non-hydrogen) atoms. The lowest BCUT2D eigenvalue weighted by Gasteiger charge is -2.30. The van der Waals surface area contributed by atoms with Crippen molar-refractivity contribution in [2.24, 2.45) is 0 Å². The maximum Gasteiger partial charge on any atom is 0.246 e. The fourth-order valence-corrected chi connectivity index (χ4v) is 4.03. The molecule has 2 heterocycles. The third-order valence-electron chi connectivity index (χ3n) is 3.89. The van der Waals surface area contributed by atoms with Gasteiger partial charge >= 0.3 is 0 Å². The van der Waals surface area contributed by atoms with Crippen LogP contribution < -0.4 is 5.32 Å². The standard InChI is InChI=1S/C13H23N3O2S.ClH/c1-3-12(17)16-9-19-8-11(16)13(18)15-6-4-5-10(15)7-14-2;/h10-11,14H,3-9H2,1-2H3;1H. The number of nitrogens with one attached hydrogen (secondary N) is 1. The van der Waals surface area contributed by atoms with Crippen LogP contribution in [0, 0.1) is 0 Å². The maximum atomic E-state index is 12.7. The van der Waals surface area contributed by atoms with Gasteiger partial charge in [0.05, 0.1) is 5.88 Å². The molecule has 0 radical (unpaired) electrons. The van der Waals surface area contributed by atoms with Crippen LogP contribution in [-0.2, 0) is 9.59 Å². The summed E-state index contributed by atoms with van der Waals surface area (Å²) in [6.45, 7) is 3.53. The number of carbonyl (C=O) groups is 2. The van der Waals surface area contributed by atoms with Gasteiger partial charge in [0.15, 0.2) is 0 Å². The minimum Gasteiger partial charge on any atom is -0.337 e. The van der Waals surface area contributed by atoms with Crippen LogP contribution in [0.5, 0.6) is 0 Å². The molecule has 0 bridgehead atoms. The van der Waals surface area contributed by atoms with E-state index in [1.54, 1.807) is 16.7 Å². The molecule has 0 aromatic carbocycles. The maximum absolute atomic E-state index is 12.7. The molecule has 1 N–H and O–H groups in total. The van der Waals surface area contributed by atoms with Crippen LogP contribution in [0.1, 0.15) is 26.2 Å². The summed E-state index contributed by atoms with van der Waals surface area (Å²) >= 11 is 1.68. The van der Waals surface area contributed by atoms with Crippen molar-refractivity contribution in [2.45, 2.75) is 38.3 Å². The Morgan fingerprint density at radius 2 is 2.10 bits per heavy atom. The Kier molecular flexibility index (Phi) is 7.12. The smallest absolute Gasteiger partial charge is 0.246 e. The van der Waals surface area contributed by atoms with E-state index in [2.05, 4.69) is 5.32 Å². The van der Waals surface area contributed by atoms with Crippen LogP contribution in [0.25, 0.3) is 0 Å². The number of likely N-dealkylation sites (N-methyl/N-ethyl adjacent to an activating group) is 1. The zero-order chi connectivity index (χ0) is 13.8. The molecule has 5 nitrogen and oxygen atoms in total. The number of likely N-dealkylation sites (tertiary alicyclic amines) is 1. The number of rotatable bonds is 4. The van der Waals surface area contributed by atoms with Gasteiger partial charge in [0.25, 0.3) is 0 Å². The average Bonchev–Trinajstić information content (AvgIpc) is 3.06. The van der Waals surface area contributed by atoms with Crippen molar-refractivity contribution in [3.63, 3.8) is 0 Å². The van der Waals surface area contributed by atoms with Gasteiger partial charge in [-0.25, -0.2) is 0 Å². The first-order valence-electron chi connectivity index (χ1n) is 7.01. The zero-order valence-electron chi connectivity index (χ0n) is 12.1.